The number of ether oxygens (including phenoxy) is 3. The molecule has 0 fully saturated rings. The Kier molecular flexibility index (Phi) is 6.45. The molecule has 0 aromatic carbocycles. The van der Waals surface area contributed by atoms with Crippen molar-refractivity contribution in [3.05, 3.63) is 52.7 Å². The van der Waals surface area contributed by atoms with Gasteiger partial charge in [0, 0.05) is 43.3 Å². The van der Waals surface area contributed by atoms with Crippen molar-refractivity contribution in [2.75, 3.05) is 21.0 Å². The predicted molar refractivity (Wildman–Crippen MR) is 84.0 cm³/mol. The van der Waals surface area contributed by atoms with Crippen molar-refractivity contribution in [3.63, 3.8) is 0 Å². The van der Waals surface area contributed by atoms with Gasteiger partial charge in [-0.2, -0.15) is 0 Å². The van der Waals surface area contributed by atoms with Crippen LogP contribution in [-0.2, 0) is 22.0 Å². The van der Waals surface area contributed by atoms with Gasteiger partial charge in [0.1, 0.15) is 6.73 Å². The van der Waals surface area contributed by atoms with Crippen molar-refractivity contribution in [1.82, 2.24) is 9.55 Å². The van der Waals surface area contributed by atoms with Crippen LogP contribution in [0.4, 0.5) is 0 Å². The zero-order valence-corrected chi connectivity index (χ0v) is 13.3. The molecule has 0 aliphatic heterocycles. The normalized spacial score (nSPS) is 10.6. The van der Waals surface area contributed by atoms with E-state index in [1.54, 1.807) is 30.2 Å². The first-order chi connectivity index (χ1) is 10.7. The number of pyridine rings is 2. The Morgan fingerprint density at radius 2 is 2.14 bits per heavy atom. The molecule has 0 atom stereocenters. The van der Waals surface area contributed by atoms with Crippen molar-refractivity contribution < 1.29 is 14.2 Å². The first-order valence-corrected chi connectivity index (χ1v) is 7.61. The molecular weight excluding hydrogens is 304 g/mol. The average Bonchev–Trinajstić information content (AvgIpc) is 2.55. The van der Waals surface area contributed by atoms with Gasteiger partial charge in [-0.15, -0.1) is 11.8 Å². The molecule has 0 saturated carbocycles. The van der Waals surface area contributed by atoms with Crippen LogP contribution < -0.4 is 10.3 Å². The maximum Gasteiger partial charge on any atom is 0.294 e. The van der Waals surface area contributed by atoms with E-state index >= 15 is 0 Å². The molecule has 22 heavy (non-hydrogen) atoms. The van der Waals surface area contributed by atoms with Gasteiger partial charge in [-0.05, 0) is 12.1 Å². The minimum atomic E-state index is -0.249. The Balaban J connectivity index is 2.18. The summed E-state index contributed by atoms with van der Waals surface area (Å²) in [6.45, 7) is 0.191. The highest BCUT2D eigenvalue weighted by Crippen LogP contribution is 2.23. The minimum Gasteiger partial charge on any atom is -0.462 e. The molecule has 0 amide bonds. The summed E-state index contributed by atoms with van der Waals surface area (Å²) >= 11 is 1.57. The van der Waals surface area contributed by atoms with Crippen molar-refractivity contribution in [3.8, 4) is 5.75 Å². The molecule has 0 bridgehead atoms. The fourth-order valence-corrected chi connectivity index (χ4v) is 2.64. The van der Waals surface area contributed by atoms with Crippen molar-refractivity contribution in [2.45, 2.75) is 17.4 Å². The number of nitrogens with zero attached hydrogens (tertiary/aromatic N) is 2. The second kappa shape index (κ2) is 8.57. The summed E-state index contributed by atoms with van der Waals surface area (Å²) in [5.74, 6) is 0.945. The fraction of sp³-hybridized carbons (Fsp3) is 0.333. The lowest BCUT2D eigenvalue weighted by molar-refractivity contribution is 0.0483. The lowest BCUT2D eigenvalue weighted by Crippen LogP contribution is -2.23. The molecule has 0 N–H and O–H groups in total. The fourth-order valence-electron chi connectivity index (χ4n) is 1.76. The molecular formula is C15H18N2O4S. The van der Waals surface area contributed by atoms with Gasteiger partial charge in [0.2, 0.25) is 0 Å². The van der Waals surface area contributed by atoms with Crippen LogP contribution in [0.15, 0.2) is 46.3 Å². The van der Waals surface area contributed by atoms with E-state index in [1.165, 1.54) is 18.8 Å². The molecule has 118 valence electrons. The van der Waals surface area contributed by atoms with Gasteiger partial charge in [0.25, 0.3) is 5.56 Å². The standard InChI is InChI=1S/C15H18N2O4S/c1-19-10-17-8-13(7-14(15(17)18)21-11-20-2)22-9-12-5-3-4-6-16-12/h3-8H,9-11H2,1-2H3. The molecule has 7 heteroatoms. The number of hydrogen-bond acceptors (Lipinski definition) is 6. The highest BCUT2D eigenvalue weighted by atomic mass is 32.2. The third kappa shape index (κ3) is 4.59. The summed E-state index contributed by atoms with van der Waals surface area (Å²) in [6, 6.07) is 7.49. The first-order valence-electron chi connectivity index (χ1n) is 6.62. The molecule has 0 spiro atoms. The Hall–Kier alpha value is -1.83. The van der Waals surface area contributed by atoms with Crippen LogP contribution in [0.1, 0.15) is 5.69 Å². The third-order valence-electron chi connectivity index (χ3n) is 2.74. The van der Waals surface area contributed by atoms with Gasteiger partial charge in [-0.25, -0.2) is 0 Å². The smallest absolute Gasteiger partial charge is 0.294 e. The number of methoxy groups -OCH3 is 2. The van der Waals surface area contributed by atoms with E-state index in [2.05, 4.69) is 4.98 Å². The largest absolute Gasteiger partial charge is 0.462 e. The van der Waals surface area contributed by atoms with E-state index in [1.807, 2.05) is 18.2 Å². The van der Waals surface area contributed by atoms with Gasteiger partial charge < -0.3 is 14.2 Å². The molecule has 6 nitrogen and oxygen atoms in total. The summed E-state index contributed by atoms with van der Waals surface area (Å²) in [5.41, 5.74) is 0.720. The Bertz CT molecular complexity index is 646. The van der Waals surface area contributed by atoms with Crippen molar-refractivity contribution in [1.29, 1.82) is 0 Å². The zero-order chi connectivity index (χ0) is 15.8. The molecule has 0 aliphatic rings. The maximum absolute atomic E-state index is 12.2. The Morgan fingerprint density at radius 1 is 1.27 bits per heavy atom. The number of rotatable bonds is 8. The molecule has 2 rings (SSSR count). The SMILES string of the molecule is COCOc1cc(SCc2ccccn2)cn(COC)c1=O. The van der Waals surface area contributed by atoms with Crippen LogP contribution in [0.2, 0.25) is 0 Å². The van der Waals surface area contributed by atoms with Crippen LogP contribution in [0.3, 0.4) is 0 Å². The molecule has 2 heterocycles. The molecule has 0 aliphatic carbocycles. The highest BCUT2D eigenvalue weighted by molar-refractivity contribution is 7.98. The van der Waals surface area contributed by atoms with E-state index in [0.29, 0.717) is 5.75 Å². The lowest BCUT2D eigenvalue weighted by Gasteiger charge is -2.11. The average molecular weight is 322 g/mol. The Morgan fingerprint density at radius 3 is 2.82 bits per heavy atom. The molecule has 0 saturated heterocycles. The van der Waals surface area contributed by atoms with Gasteiger partial charge in [0.15, 0.2) is 12.5 Å². The molecule has 2 aromatic heterocycles. The zero-order valence-electron chi connectivity index (χ0n) is 12.5. The van der Waals surface area contributed by atoms with Gasteiger partial charge in [0.05, 0.1) is 5.69 Å². The van der Waals surface area contributed by atoms with Crippen LogP contribution in [0.25, 0.3) is 0 Å². The van der Waals surface area contributed by atoms with Crippen LogP contribution in [0, 0.1) is 0 Å². The summed E-state index contributed by atoms with van der Waals surface area (Å²) < 4.78 is 16.7. The highest BCUT2D eigenvalue weighted by Gasteiger charge is 2.09. The number of hydrogen-bond donors (Lipinski definition) is 0. The van der Waals surface area contributed by atoms with Crippen molar-refractivity contribution >= 4 is 11.8 Å². The Labute approximate surface area is 133 Å². The first kappa shape index (κ1) is 16.5. The van der Waals surface area contributed by atoms with Gasteiger partial charge in [-0.3, -0.25) is 14.3 Å². The monoisotopic (exact) mass is 322 g/mol. The van der Waals surface area contributed by atoms with Crippen LogP contribution >= 0.6 is 11.8 Å². The van der Waals surface area contributed by atoms with E-state index in [-0.39, 0.29) is 24.8 Å². The van der Waals surface area contributed by atoms with E-state index in [0.717, 1.165) is 10.6 Å². The van der Waals surface area contributed by atoms with Crippen LogP contribution in [-0.4, -0.2) is 30.6 Å². The van der Waals surface area contributed by atoms with E-state index in [4.69, 9.17) is 14.2 Å². The summed E-state index contributed by atoms with van der Waals surface area (Å²) in [7, 11) is 3.04. The topological polar surface area (TPSA) is 62.6 Å². The summed E-state index contributed by atoms with van der Waals surface area (Å²) in [4.78, 5) is 17.3. The summed E-state index contributed by atoms with van der Waals surface area (Å²) in [6.07, 6.45) is 3.51. The lowest BCUT2D eigenvalue weighted by atomic mass is 10.4. The predicted octanol–water partition coefficient (Wildman–Crippen LogP) is 2.12. The second-order valence-electron chi connectivity index (χ2n) is 4.39. The number of thioether (sulfide) groups is 1. The van der Waals surface area contributed by atoms with Crippen LogP contribution in [0.5, 0.6) is 5.75 Å². The minimum absolute atomic E-state index is 0.0244. The number of aromatic nitrogens is 2. The van der Waals surface area contributed by atoms with Gasteiger partial charge in [-0.1, -0.05) is 6.07 Å². The van der Waals surface area contributed by atoms with Crippen molar-refractivity contribution in [2.24, 2.45) is 0 Å². The van der Waals surface area contributed by atoms with Gasteiger partial charge >= 0.3 is 0 Å². The summed E-state index contributed by atoms with van der Waals surface area (Å²) in [5, 5.41) is 0. The molecule has 0 unspecified atom stereocenters. The van der Waals surface area contributed by atoms with E-state index in [9.17, 15) is 4.79 Å². The van der Waals surface area contributed by atoms with E-state index < -0.39 is 0 Å². The maximum atomic E-state index is 12.2. The molecule has 2 aromatic rings. The molecule has 0 radical (unpaired) electrons. The quantitative estimate of drug-likeness (QED) is 0.548. The second-order valence-corrected chi connectivity index (χ2v) is 5.44. The third-order valence-corrected chi connectivity index (χ3v) is 3.74.